The molecule has 0 bridgehead atoms. The summed E-state index contributed by atoms with van der Waals surface area (Å²) < 4.78 is 39.9. The van der Waals surface area contributed by atoms with Crippen LogP contribution in [-0.4, -0.2) is 39.2 Å². The molecule has 1 aromatic heterocycles. The molecule has 1 aliphatic rings. The third-order valence-corrected chi connectivity index (χ3v) is 3.24. The second-order valence-electron chi connectivity index (χ2n) is 4.70. The van der Waals surface area contributed by atoms with Gasteiger partial charge in [-0.05, 0) is 12.1 Å². The quantitative estimate of drug-likeness (QED) is 0.904. The van der Waals surface area contributed by atoms with Crippen molar-refractivity contribution in [2.45, 2.75) is 18.4 Å². The molecule has 1 aromatic carbocycles. The minimum atomic E-state index is -1.47. The molecule has 1 saturated heterocycles. The lowest BCUT2D eigenvalue weighted by Gasteiger charge is -2.28. The van der Waals surface area contributed by atoms with E-state index in [2.05, 4.69) is 10.1 Å². The number of rotatable bonds is 4. The van der Waals surface area contributed by atoms with E-state index in [1.54, 1.807) is 0 Å². The predicted molar refractivity (Wildman–Crippen MR) is 66.0 cm³/mol. The second kappa shape index (κ2) is 5.47. The number of halogens is 2. The number of ether oxygens (including phenoxy) is 2. The van der Waals surface area contributed by atoms with Gasteiger partial charge < -0.3 is 14.6 Å². The molecule has 0 radical (unpaired) electrons. The van der Waals surface area contributed by atoms with Crippen molar-refractivity contribution in [2.75, 3.05) is 13.2 Å². The Morgan fingerprint density at radius 3 is 2.90 bits per heavy atom. The number of aliphatic hydroxyl groups is 1. The van der Waals surface area contributed by atoms with Gasteiger partial charge in [-0.25, -0.2) is 18.4 Å². The van der Waals surface area contributed by atoms with Gasteiger partial charge in [0.2, 0.25) is 5.79 Å². The Labute approximate surface area is 118 Å². The summed E-state index contributed by atoms with van der Waals surface area (Å²) in [5, 5.41) is 13.1. The van der Waals surface area contributed by atoms with Gasteiger partial charge in [0.1, 0.15) is 36.9 Å². The van der Waals surface area contributed by atoms with E-state index in [-0.39, 0.29) is 25.3 Å². The van der Waals surface area contributed by atoms with Crippen molar-refractivity contribution in [3.8, 4) is 0 Å². The predicted octanol–water partition coefficient (Wildman–Crippen LogP) is 0.817. The fraction of sp³-hybridized carbons (Fsp3) is 0.385. The molecule has 1 N–H and O–H groups in total. The third-order valence-electron chi connectivity index (χ3n) is 3.24. The van der Waals surface area contributed by atoms with Gasteiger partial charge in [-0.2, -0.15) is 5.10 Å². The molecule has 21 heavy (non-hydrogen) atoms. The van der Waals surface area contributed by atoms with Crippen molar-refractivity contribution in [1.82, 2.24) is 14.8 Å². The largest absolute Gasteiger partial charge is 0.394 e. The lowest BCUT2D eigenvalue weighted by atomic mass is 10.0. The maximum absolute atomic E-state index is 14.1. The zero-order valence-corrected chi connectivity index (χ0v) is 10.9. The fourth-order valence-corrected chi connectivity index (χ4v) is 2.29. The third kappa shape index (κ3) is 2.65. The summed E-state index contributed by atoms with van der Waals surface area (Å²) in [6, 6.07) is 3.15. The van der Waals surface area contributed by atoms with Crippen LogP contribution in [0.25, 0.3) is 0 Å². The number of aromatic nitrogens is 3. The first-order valence-electron chi connectivity index (χ1n) is 6.33. The van der Waals surface area contributed by atoms with Crippen LogP contribution in [0, 0.1) is 11.6 Å². The second-order valence-corrected chi connectivity index (χ2v) is 4.70. The molecule has 0 spiro atoms. The maximum atomic E-state index is 14.1. The van der Waals surface area contributed by atoms with Crippen LogP contribution in [0.4, 0.5) is 8.78 Å². The summed E-state index contributed by atoms with van der Waals surface area (Å²) in [5.74, 6) is -2.95. The van der Waals surface area contributed by atoms with Crippen molar-refractivity contribution in [1.29, 1.82) is 0 Å². The Hall–Kier alpha value is -1.90. The lowest BCUT2D eigenvalue weighted by Crippen LogP contribution is -2.35. The maximum Gasteiger partial charge on any atom is 0.218 e. The standard InChI is InChI=1S/C13H13F2N3O3/c14-9-1-2-11(12(15)3-9)13(6-18-8-16-7-17-18)20-5-10(4-19)21-13/h1-3,7-8,10,19H,4-6H2/t10-,13-/m1/s1. The van der Waals surface area contributed by atoms with Gasteiger partial charge in [-0.1, -0.05) is 0 Å². The van der Waals surface area contributed by atoms with Gasteiger partial charge in [-0.3, -0.25) is 0 Å². The van der Waals surface area contributed by atoms with Crippen LogP contribution >= 0.6 is 0 Å². The average Bonchev–Trinajstić information content (AvgIpc) is 3.09. The number of aliphatic hydroxyl groups excluding tert-OH is 1. The van der Waals surface area contributed by atoms with Gasteiger partial charge in [0.05, 0.1) is 13.2 Å². The highest BCUT2D eigenvalue weighted by Crippen LogP contribution is 2.37. The van der Waals surface area contributed by atoms with Crippen molar-refractivity contribution in [3.05, 3.63) is 48.1 Å². The SMILES string of the molecule is OC[C@@H]1CO[C@@](Cn2cncn2)(c2ccc(F)cc2F)O1. The Bertz CT molecular complexity index is 623. The lowest BCUT2D eigenvalue weighted by molar-refractivity contribution is -0.193. The first-order valence-corrected chi connectivity index (χ1v) is 6.33. The number of nitrogens with zero attached hydrogens (tertiary/aromatic N) is 3. The molecule has 6 nitrogen and oxygen atoms in total. The monoisotopic (exact) mass is 297 g/mol. The molecule has 0 unspecified atom stereocenters. The van der Waals surface area contributed by atoms with E-state index >= 15 is 0 Å². The molecule has 8 heteroatoms. The Balaban J connectivity index is 1.99. The molecule has 1 aliphatic heterocycles. The Kier molecular flexibility index (Phi) is 3.66. The van der Waals surface area contributed by atoms with E-state index in [1.807, 2.05) is 0 Å². The van der Waals surface area contributed by atoms with Gasteiger partial charge in [0, 0.05) is 11.6 Å². The number of hydrogen-bond acceptors (Lipinski definition) is 5. The number of benzene rings is 1. The molecule has 2 heterocycles. The highest BCUT2D eigenvalue weighted by molar-refractivity contribution is 5.24. The topological polar surface area (TPSA) is 69.4 Å². The first-order chi connectivity index (χ1) is 10.1. The van der Waals surface area contributed by atoms with Crippen LogP contribution in [0.3, 0.4) is 0 Å². The molecule has 2 aromatic rings. The zero-order chi connectivity index (χ0) is 14.9. The van der Waals surface area contributed by atoms with Crippen LogP contribution in [0.1, 0.15) is 5.56 Å². The highest BCUT2D eigenvalue weighted by Gasteiger charge is 2.45. The van der Waals surface area contributed by atoms with E-state index in [1.165, 1.54) is 23.4 Å². The molecule has 0 saturated carbocycles. The summed E-state index contributed by atoms with van der Waals surface area (Å²) in [5.41, 5.74) is 0.0513. The highest BCUT2D eigenvalue weighted by atomic mass is 19.1. The zero-order valence-electron chi connectivity index (χ0n) is 10.9. The molecular weight excluding hydrogens is 284 g/mol. The minimum absolute atomic E-state index is 0.0338. The molecule has 0 aliphatic carbocycles. The minimum Gasteiger partial charge on any atom is -0.394 e. The van der Waals surface area contributed by atoms with Gasteiger partial charge in [-0.15, -0.1) is 0 Å². The Morgan fingerprint density at radius 1 is 1.43 bits per heavy atom. The molecule has 2 atom stereocenters. The normalized spacial score (nSPS) is 25.4. The van der Waals surface area contributed by atoms with Crippen molar-refractivity contribution >= 4 is 0 Å². The number of hydrogen-bond donors (Lipinski definition) is 1. The average molecular weight is 297 g/mol. The van der Waals surface area contributed by atoms with Crippen molar-refractivity contribution in [2.24, 2.45) is 0 Å². The van der Waals surface area contributed by atoms with E-state index < -0.39 is 23.5 Å². The van der Waals surface area contributed by atoms with Gasteiger partial charge in [0.15, 0.2) is 0 Å². The Morgan fingerprint density at radius 2 is 2.29 bits per heavy atom. The van der Waals surface area contributed by atoms with Gasteiger partial charge in [0.25, 0.3) is 0 Å². The molecule has 0 amide bonds. The van der Waals surface area contributed by atoms with E-state index in [4.69, 9.17) is 9.47 Å². The first kappa shape index (κ1) is 14.1. The van der Waals surface area contributed by atoms with Crippen LogP contribution in [0.15, 0.2) is 30.9 Å². The van der Waals surface area contributed by atoms with E-state index in [0.29, 0.717) is 0 Å². The van der Waals surface area contributed by atoms with Crippen molar-refractivity contribution in [3.63, 3.8) is 0 Å². The van der Waals surface area contributed by atoms with Crippen LogP contribution in [-0.2, 0) is 21.8 Å². The van der Waals surface area contributed by atoms with Crippen LogP contribution in [0.2, 0.25) is 0 Å². The molecular formula is C13H13F2N3O3. The van der Waals surface area contributed by atoms with E-state index in [0.717, 1.165) is 12.1 Å². The summed E-state index contributed by atoms with van der Waals surface area (Å²) in [6.45, 7) is -0.129. The van der Waals surface area contributed by atoms with E-state index in [9.17, 15) is 13.9 Å². The molecule has 3 rings (SSSR count). The summed E-state index contributed by atoms with van der Waals surface area (Å²) in [4.78, 5) is 3.80. The van der Waals surface area contributed by atoms with Crippen LogP contribution < -0.4 is 0 Å². The fourth-order valence-electron chi connectivity index (χ4n) is 2.29. The van der Waals surface area contributed by atoms with Crippen LogP contribution in [0.5, 0.6) is 0 Å². The summed E-state index contributed by atoms with van der Waals surface area (Å²) in [6.07, 6.45) is 2.17. The molecule has 1 fully saturated rings. The summed E-state index contributed by atoms with van der Waals surface area (Å²) >= 11 is 0. The summed E-state index contributed by atoms with van der Waals surface area (Å²) in [7, 11) is 0. The van der Waals surface area contributed by atoms with Crippen molar-refractivity contribution < 1.29 is 23.4 Å². The smallest absolute Gasteiger partial charge is 0.218 e. The van der Waals surface area contributed by atoms with Gasteiger partial charge >= 0.3 is 0 Å². The molecule has 112 valence electrons.